The van der Waals surface area contributed by atoms with Crippen molar-refractivity contribution in [2.24, 2.45) is 11.1 Å². The third-order valence-corrected chi connectivity index (χ3v) is 3.75. The van der Waals surface area contributed by atoms with Gasteiger partial charge in [-0.1, -0.05) is 26.1 Å². The van der Waals surface area contributed by atoms with Crippen molar-refractivity contribution >= 4 is 33.1 Å². The van der Waals surface area contributed by atoms with Gasteiger partial charge >= 0.3 is 0 Å². The lowest BCUT2D eigenvalue weighted by Crippen LogP contribution is -2.31. The van der Waals surface area contributed by atoms with Gasteiger partial charge in [-0.05, 0) is 34.5 Å². The van der Waals surface area contributed by atoms with Crippen LogP contribution in [0.1, 0.15) is 20.3 Å². The Morgan fingerprint density at radius 3 is 2.76 bits per heavy atom. The molecule has 0 atom stereocenters. The van der Waals surface area contributed by atoms with Crippen LogP contribution in [0, 0.1) is 11.2 Å². The molecule has 1 rings (SSSR count). The molecule has 0 aliphatic heterocycles. The summed E-state index contributed by atoms with van der Waals surface area (Å²) >= 11 is 8.26. The summed E-state index contributed by atoms with van der Waals surface area (Å²) in [4.78, 5) is 0.458. The van der Waals surface area contributed by atoms with Gasteiger partial charge in [0.05, 0.1) is 16.1 Å². The van der Waals surface area contributed by atoms with Gasteiger partial charge in [-0.2, -0.15) is 0 Å². The summed E-state index contributed by atoms with van der Waals surface area (Å²) in [5.41, 5.74) is 5.36. The second kappa shape index (κ2) is 5.78. The molecule has 5 heteroatoms. The molecule has 0 aliphatic carbocycles. The average Bonchev–Trinajstić information content (AvgIpc) is 2.22. The summed E-state index contributed by atoms with van der Waals surface area (Å²) in [5.74, 6) is 0.167. The first-order chi connectivity index (χ1) is 7.83. The van der Waals surface area contributed by atoms with E-state index in [1.165, 1.54) is 12.1 Å². The van der Waals surface area contributed by atoms with Crippen LogP contribution in [0.5, 0.6) is 5.75 Å². The molecule has 0 spiro atoms. The van der Waals surface area contributed by atoms with E-state index in [0.717, 1.165) is 4.47 Å². The van der Waals surface area contributed by atoms with Crippen LogP contribution in [0.15, 0.2) is 22.7 Å². The molecule has 1 aromatic carbocycles. The maximum atomic E-state index is 13.0. The lowest BCUT2D eigenvalue weighted by atomic mass is 9.90. The monoisotopic (exact) mass is 319 g/mol. The van der Waals surface area contributed by atoms with Gasteiger partial charge in [-0.15, -0.1) is 0 Å². The quantitative estimate of drug-likeness (QED) is 0.841. The number of thiocarbonyl (C=S) groups is 1. The third kappa shape index (κ3) is 4.24. The highest BCUT2D eigenvalue weighted by Crippen LogP contribution is 2.27. The molecular weight excluding hydrogens is 305 g/mol. The highest BCUT2D eigenvalue weighted by molar-refractivity contribution is 9.10. The number of hydrogen-bond donors (Lipinski definition) is 1. The van der Waals surface area contributed by atoms with Gasteiger partial charge in [-0.3, -0.25) is 0 Å². The Morgan fingerprint density at radius 2 is 2.18 bits per heavy atom. The molecule has 0 heterocycles. The van der Waals surface area contributed by atoms with Crippen molar-refractivity contribution in [2.75, 3.05) is 6.61 Å². The number of nitrogens with two attached hydrogens (primary N) is 1. The van der Waals surface area contributed by atoms with Gasteiger partial charge in [-0.25, -0.2) is 4.39 Å². The maximum absolute atomic E-state index is 13.0. The summed E-state index contributed by atoms with van der Waals surface area (Å²) in [6, 6.07) is 4.33. The molecular formula is C12H15BrFNOS. The van der Waals surface area contributed by atoms with Crippen LogP contribution in [0.4, 0.5) is 4.39 Å². The zero-order chi connectivity index (χ0) is 13.1. The number of benzene rings is 1. The van der Waals surface area contributed by atoms with Gasteiger partial charge < -0.3 is 10.5 Å². The highest BCUT2D eigenvalue weighted by Gasteiger charge is 2.21. The smallest absolute Gasteiger partial charge is 0.136 e. The van der Waals surface area contributed by atoms with Crippen molar-refractivity contribution in [3.05, 3.63) is 28.5 Å². The van der Waals surface area contributed by atoms with Crippen LogP contribution in [0.2, 0.25) is 0 Å². The summed E-state index contributed by atoms with van der Waals surface area (Å²) in [6.07, 6.45) is 0.686. The number of hydrogen-bond acceptors (Lipinski definition) is 2. The van der Waals surface area contributed by atoms with Crippen LogP contribution < -0.4 is 10.5 Å². The Bertz CT molecular complexity index is 423. The molecule has 0 saturated heterocycles. The SMILES string of the molecule is CC(C)(CCOc1cc(F)ccc1Br)C(N)=S. The highest BCUT2D eigenvalue weighted by atomic mass is 79.9. The summed E-state index contributed by atoms with van der Waals surface area (Å²) in [7, 11) is 0. The Hall–Kier alpha value is -0.680. The van der Waals surface area contributed by atoms with E-state index in [2.05, 4.69) is 15.9 Å². The van der Waals surface area contributed by atoms with Crippen molar-refractivity contribution in [3.8, 4) is 5.75 Å². The molecule has 0 amide bonds. The Morgan fingerprint density at radius 1 is 1.53 bits per heavy atom. The number of rotatable bonds is 5. The molecule has 0 bridgehead atoms. The average molecular weight is 320 g/mol. The minimum atomic E-state index is -0.322. The van der Waals surface area contributed by atoms with Crippen molar-refractivity contribution < 1.29 is 9.13 Å². The van der Waals surface area contributed by atoms with Crippen molar-refractivity contribution in [1.82, 2.24) is 0 Å². The van der Waals surface area contributed by atoms with Gasteiger partial charge in [0.1, 0.15) is 11.6 Å². The Kier molecular flexibility index (Phi) is 4.89. The van der Waals surface area contributed by atoms with E-state index in [1.54, 1.807) is 6.07 Å². The summed E-state index contributed by atoms with van der Waals surface area (Å²) in [5, 5.41) is 0. The fourth-order valence-corrected chi connectivity index (χ4v) is 1.59. The van der Waals surface area contributed by atoms with Crippen LogP contribution in [-0.4, -0.2) is 11.6 Å². The topological polar surface area (TPSA) is 35.2 Å². The first-order valence-electron chi connectivity index (χ1n) is 5.21. The first kappa shape index (κ1) is 14.4. The van der Waals surface area contributed by atoms with E-state index < -0.39 is 0 Å². The predicted molar refractivity (Wildman–Crippen MR) is 74.8 cm³/mol. The van der Waals surface area contributed by atoms with E-state index in [1.807, 2.05) is 13.8 Å². The molecule has 0 saturated carbocycles. The summed E-state index contributed by atoms with van der Waals surface area (Å²) in [6.45, 7) is 4.35. The normalized spacial score (nSPS) is 11.3. The standard InChI is InChI=1S/C12H15BrFNOS/c1-12(2,11(15)17)5-6-16-10-7-8(14)3-4-9(10)13/h3-4,7H,5-6H2,1-2H3,(H2,15,17). The Labute approximate surface area is 114 Å². The molecule has 0 unspecified atom stereocenters. The molecule has 0 aliphatic rings. The zero-order valence-corrected chi connectivity index (χ0v) is 12.2. The van der Waals surface area contributed by atoms with Gasteiger partial charge in [0, 0.05) is 11.5 Å². The second-order valence-corrected chi connectivity index (χ2v) is 5.72. The minimum Gasteiger partial charge on any atom is -0.492 e. The largest absolute Gasteiger partial charge is 0.492 e. The third-order valence-electron chi connectivity index (χ3n) is 2.54. The van der Waals surface area contributed by atoms with Crippen molar-refractivity contribution in [2.45, 2.75) is 20.3 Å². The van der Waals surface area contributed by atoms with Gasteiger partial charge in [0.25, 0.3) is 0 Å². The van der Waals surface area contributed by atoms with Crippen LogP contribution in [0.3, 0.4) is 0 Å². The maximum Gasteiger partial charge on any atom is 0.136 e. The molecule has 17 heavy (non-hydrogen) atoms. The minimum absolute atomic E-state index is 0.255. The fourth-order valence-electron chi connectivity index (χ4n) is 1.13. The second-order valence-electron chi connectivity index (χ2n) is 4.42. The molecule has 0 radical (unpaired) electrons. The summed E-state index contributed by atoms with van der Waals surface area (Å²) < 4.78 is 19.2. The van der Waals surface area contributed by atoms with Crippen molar-refractivity contribution in [3.63, 3.8) is 0 Å². The predicted octanol–water partition coefficient (Wildman–Crippen LogP) is 3.67. The van der Waals surface area contributed by atoms with Gasteiger partial charge in [0.2, 0.25) is 0 Å². The lowest BCUT2D eigenvalue weighted by Gasteiger charge is -2.23. The van der Waals surface area contributed by atoms with E-state index in [4.69, 9.17) is 22.7 Å². The lowest BCUT2D eigenvalue weighted by molar-refractivity contribution is 0.268. The Balaban J connectivity index is 2.57. The van der Waals surface area contributed by atoms with Crippen molar-refractivity contribution in [1.29, 1.82) is 0 Å². The van der Waals surface area contributed by atoms with Gasteiger partial charge in [0.15, 0.2) is 0 Å². The molecule has 0 fully saturated rings. The van der Waals surface area contributed by atoms with E-state index in [-0.39, 0.29) is 11.2 Å². The molecule has 94 valence electrons. The van der Waals surface area contributed by atoms with E-state index >= 15 is 0 Å². The van der Waals surface area contributed by atoms with E-state index in [0.29, 0.717) is 23.8 Å². The van der Waals surface area contributed by atoms with E-state index in [9.17, 15) is 4.39 Å². The first-order valence-corrected chi connectivity index (χ1v) is 6.41. The van der Waals surface area contributed by atoms with Crippen LogP contribution in [-0.2, 0) is 0 Å². The number of ether oxygens (including phenoxy) is 1. The molecule has 1 aromatic rings. The van der Waals surface area contributed by atoms with Crippen LogP contribution in [0.25, 0.3) is 0 Å². The molecule has 2 nitrogen and oxygen atoms in total. The molecule has 2 N–H and O–H groups in total. The van der Waals surface area contributed by atoms with Crippen LogP contribution >= 0.6 is 28.1 Å². The fraction of sp³-hybridized carbons (Fsp3) is 0.417. The molecule has 0 aromatic heterocycles. The number of halogens is 2. The zero-order valence-electron chi connectivity index (χ0n) is 9.80.